The first-order valence-electron chi connectivity index (χ1n) is 5.69. The lowest BCUT2D eigenvalue weighted by molar-refractivity contribution is -0.385. The van der Waals surface area contributed by atoms with Crippen LogP contribution in [-0.2, 0) is 6.54 Å². The maximum absolute atomic E-state index is 13.1. The van der Waals surface area contributed by atoms with Gasteiger partial charge in [0.1, 0.15) is 5.82 Å². The van der Waals surface area contributed by atoms with Crippen LogP contribution in [0.25, 0.3) is 0 Å². The van der Waals surface area contributed by atoms with Crippen molar-refractivity contribution < 1.29 is 9.31 Å². The summed E-state index contributed by atoms with van der Waals surface area (Å²) in [4.78, 5) is 10.5. The zero-order valence-electron chi connectivity index (χ0n) is 10.4. The molecule has 8 heteroatoms. The summed E-state index contributed by atoms with van der Waals surface area (Å²) < 4.78 is 13.1. The lowest BCUT2D eigenvalue weighted by atomic mass is 10.1. The quantitative estimate of drug-likeness (QED) is 0.601. The van der Waals surface area contributed by atoms with E-state index >= 15 is 0 Å². The summed E-state index contributed by atoms with van der Waals surface area (Å²) in [6, 6.07) is 6.53. The summed E-state index contributed by atoms with van der Waals surface area (Å²) in [5.74, 6) is -0.562. The third kappa shape index (κ3) is 3.75. The predicted molar refractivity (Wildman–Crippen MR) is 81.9 cm³/mol. The molecule has 0 saturated carbocycles. The molecule has 1 N–H and O–H groups in total. The van der Waals surface area contributed by atoms with Crippen molar-refractivity contribution in [3.63, 3.8) is 0 Å². The van der Waals surface area contributed by atoms with Gasteiger partial charge < -0.3 is 5.32 Å². The number of halogens is 4. The molecule has 0 saturated heterocycles. The highest BCUT2D eigenvalue weighted by Gasteiger charge is 2.15. The predicted octanol–water partition coefficient (Wildman–Crippen LogP) is 5.31. The summed E-state index contributed by atoms with van der Waals surface area (Å²) in [6.45, 7) is 0.0958. The molecule has 0 aromatic heterocycles. The van der Waals surface area contributed by atoms with Gasteiger partial charge in [-0.2, -0.15) is 0 Å². The molecule has 0 fully saturated rings. The minimum absolute atomic E-state index is 0.0941. The summed E-state index contributed by atoms with van der Waals surface area (Å²) in [5.41, 5.74) is 0.592. The van der Waals surface area contributed by atoms with Gasteiger partial charge in [-0.05, 0) is 24.3 Å². The Kier molecular flexibility index (Phi) is 4.88. The van der Waals surface area contributed by atoms with E-state index in [-0.39, 0.29) is 27.3 Å². The smallest absolute Gasteiger partial charge is 0.275 e. The molecule has 0 heterocycles. The van der Waals surface area contributed by atoms with Crippen LogP contribution in [0.2, 0.25) is 15.1 Å². The highest BCUT2D eigenvalue weighted by molar-refractivity contribution is 6.39. The lowest BCUT2D eigenvalue weighted by Gasteiger charge is -2.11. The van der Waals surface area contributed by atoms with Gasteiger partial charge in [0.05, 0.1) is 20.7 Å². The average Bonchev–Trinajstić information content (AvgIpc) is 2.38. The molecule has 4 nitrogen and oxygen atoms in total. The average molecular weight is 350 g/mol. The molecule has 0 spiro atoms. The molecule has 2 aromatic carbocycles. The van der Waals surface area contributed by atoms with Gasteiger partial charge in [0.2, 0.25) is 0 Å². The van der Waals surface area contributed by atoms with Crippen LogP contribution in [0, 0.1) is 15.9 Å². The van der Waals surface area contributed by atoms with Crippen molar-refractivity contribution in [2.75, 3.05) is 5.32 Å². The Morgan fingerprint density at radius 1 is 1.14 bits per heavy atom. The largest absolute Gasteiger partial charge is 0.378 e. The summed E-state index contributed by atoms with van der Waals surface area (Å²) >= 11 is 17.5. The molecule has 2 rings (SSSR count). The van der Waals surface area contributed by atoms with Crippen LogP contribution in [0.15, 0.2) is 30.3 Å². The van der Waals surface area contributed by atoms with Gasteiger partial charge in [-0.3, -0.25) is 10.1 Å². The van der Waals surface area contributed by atoms with E-state index < -0.39 is 10.7 Å². The molecular formula is C13H8Cl3FN2O2. The second-order valence-electron chi connectivity index (χ2n) is 4.13. The Morgan fingerprint density at radius 3 is 2.33 bits per heavy atom. The second kappa shape index (κ2) is 6.47. The van der Waals surface area contributed by atoms with Crippen molar-refractivity contribution in [3.8, 4) is 0 Å². The maximum Gasteiger partial charge on any atom is 0.275 e. The van der Waals surface area contributed by atoms with Gasteiger partial charge in [-0.25, -0.2) is 4.39 Å². The third-order valence-electron chi connectivity index (χ3n) is 2.71. The number of nitro groups is 1. The molecule has 0 radical (unpaired) electrons. The Labute approximate surface area is 134 Å². The van der Waals surface area contributed by atoms with E-state index in [1.54, 1.807) is 6.07 Å². The third-order valence-corrected chi connectivity index (χ3v) is 3.54. The van der Waals surface area contributed by atoms with Crippen molar-refractivity contribution in [1.82, 2.24) is 0 Å². The van der Waals surface area contributed by atoms with E-state index in [1.807, 2.05) is 0 Å². The topological polar surface area (TPSA) is 55.2 Å². The lowest BCUT2D eigenvalue weighted by Crippen LogP contribution is -2.04. The van der Waals surface area contributed by atoms with Gasteiger partial charge >= 0.3 is 0 Å². The second-order valence-corrected chi connectivity index (χ2v) is 5.38. The fourth-order valence-corrected chi connectivity index (χ4v) is 2.51. The fraction of sp³-hybridized carbons (Fsp3) is 0.0769. The van der Waals surface area contributed by atoms with Gasteiger partial charge in [0.25, 0.3) is 5.69 Å². The van der Waals surface area contributed by atoms with Crippen LogP contribution >= 0.6 is 34.8 Å². The number of nitrogens with zero attached hydrogens (tertiary/aromatic N) is 1. The summed E-state index contributed by atoms with van der Waals surface area (Å²) in [6.07, 6.45) is 0. The first kappa shape index (κ1) is 15.8. The van der Waals surface area contributed by atoms with E-state index in [1.165, 1.54) is 12.1 Å². The molecule has 0 aliphatic heterocycles. The molecule has 0 unspecified atom stereocenters. The van der Waals surface area contributed by atoms with E-state index in [4.69, 9.17) is 34.8 Å². The van der Waals surface area contributed by atoms with Crippen molar-refractivity contribution >= 4 is 46.2 Å². The van der Waals surface area contributed by atoms with Crippen molar-refractivity contribution in [2.24, 2.45) is 0 Å². The first-order chi connectivity index (χ1) is 9.88. The number of rotatable bonds is 4. The van der Waals surface area contributed by atoms with Crippen LogP contribution in [0.5, 0.6) is 0 Å². The first-order valence-corrected chi connectivity index (χ1v) is 6.83. The standard InChI is InChI=1S/C13H8Cl3FN2O2/c14-8-2-1-7(12(3-8)19(20)21)6-18-13-10(15)4-9(17)5-11(13)16/h1-5,18H,6H2. The highest BCUT2D eigenvalue weighted by atomic mass is 35.5. The molecule has 0 amide bonds. The molecule has 0 aliphatic rings. The zero-order valence-corrected chi connectivity index (χ0v) is 12.6. The minimum Gasteiger partial charge on any atom is -0.378 e. The molecule has 0 atom stereocenters. The normalized spacial score (nSPS) is 10.5. The van der Waals surface area contributed by atoms with Crippen LogP contribution in [0.4, 0.5) is 15.8 Å². The molecule has 2 aromatic rings. The van der Waals surface area contributed by atoms with E-state index in [0.29, 0.717) is 11.3 Å². The number of nitro benzene ring substituents is 1. The maximum atomic E-state index is 13.1. The number of hydrogen-bond acceptors (Lipinski definition) is 3. The molecule has 0 bridgehead atoms. The SMILES string of the molecule is O=[N+]([O-])c1cc(Cl)ccc1CNc1c(Cl)cc(F)cc1Cl. The zero-order chi connectivity index (χ0) is 15.6. The molecular weight excluding hydrogens is 342 g/mol. The summed E-state index contributed by atoms with van der Waals surface area (Å²) in [7, 11) is 0. The van der Waals surface area contributed by atoms with Crippen molar-refractivity contribution in [2.45, 2.75) is 6.54 Å². The van der Waals surface area contributed by atoms with Crippen LogP contribution in [0.1, 0.15) is 5.56 Å². The summed E-state index contributed by atoms with van der Waals surface area (Å²) in [5, 5.41) is 14.3. The van der Waals surface area contributed by atoms with Crippen LogP contribution in [-0.4, -0.2) is 4.92 Å². The van der Waals surface area contributed by atoms with Crippen molar-refractivity contribution in [1.29, 1.82) is 0 Å². The van der Waals surface area contributed by atoms with E-state index in [2.05, 4.69) is 5.32 Å². The Hall–Kier alpha value is -1.56. The van der Waals surface area contributed by atoms with Gasteiger partial charge in [0.15, 0.2) is 0 Å². The monoisotopic (exact) mass is 348 g/mol. The Balaban J connectivity index is 2.27. The number of anilines is 1. The fourth-order valence-electron chi connectivity index (χ4n) is 1.75. The number of benzene rings is 2. The number of nitrogens with one attached hydrogen (secondary N) is 1. The minimum atomic E-state index is -0.562. The number of hydrogen-bond donors (Lipinski definition) is 1. The van der Waals surface area contributed by atoms with Gasteiger partial charge in [-0.1, -0.05) is 34.8 Å². The molecule has 110 valence electrons. The Morgan fingerprint density at radius 2 is 1.76 bits per heavy atom. The van der Waals surface area contributed by atoms with Gasteiger partial charge in [-0.15, -0.1) is 0 Å². The van der Waals surface area contributed by atoms with Gasteiger partial charge in [0, 0.05) is 23.2 Å². The Bertz CT molecular complexity index is 687. The molecule has 0 aliphatic carbocycles. The van der Waals surface area contributed by atoms with Crippen molar-refractivity contribution in [3.05, 3.63) is 66.9 Å². The highest BCUT2D eigenvalue weighted by Crippen LogP contribution is 2.32. The van der Waals surface area contributed by atoms with E-state index in [9.17, 15) is 14.5 Å². The van der Waals surface area contributed by atoms with E-state index in [0.717, 1.165) is 12.1 Å². The van der Waals surface area contributed by atoms with Crippen LogP contribution < -0.4 is 5.32 Å². The molecule has 21 heavy (non-hydrogen) atoms. The van der Waals surface area contributed by atoms with Crippen LogP contribution in [0.3, 0.4) is 0 Å².